The number of aryl methyl sites for hydroxylation is 2. The number of carbonyl (C=O) groups excluding carboxylic acids is 1. The first kappa shape index (κ1) is 26.1. The molecule has 1 atom stereocenters. The number of rotatable bonds is 9. The zero-order valence-corrected chi connectivity index (χ0v) is 22.3. The van der Waals surface area contributed by atoms with E-state index in [4.69, 9.17) is 9.97 Å². The van der Waals surface area contributed by atoms with E-state index in [1.54, 1.807) is 36.2 Å². The fraction of sp³-hybridized carbons (Fsp3) is 0.357. The fourth-order valence-corrected chi connectivity index (χ4v) is 4.50. The van der Waals surface area contributed by atoms with Crippen molar-refractivity contribution in [2.75, 3.05) is 32.5 Å². The van der Waals surface area contributed by atoms with E-state index < -0.39 is 0 Å². The molecular formula is C28H35N7O2. The minimum Gasteiger partial charge on any atom is -0.508 e. The summed E-state index contributed by atoms with van der Waals surface area (Å²) in [6, 6.07) is 10.4. The SMILES string of the molecule is CCn1ncc(C(C)N(C)C(=O)c2cc(-c3ccc(NCCNC)c(C)n3)nc3ccc(O)cc23)c1C. The first-order chi connectivity index (χ1) is 17.7. The van der Waals surface area contributed by atoms with Gasteiger partial charge in [-0.2, -0.15) is 5.10 Å². The van der Waals surface area contributed by atoms with Gasteiger partial charge in [-0.25, -0.2) is 9.97 Å². The molecule has 0 aliphatic rings. The summed E-state index contributed by atoms with van der Waals surface area (Å²) in [6.45, 7) is 10.4. The van der Waals surface area contributed by atoms with Gasteiger partial charge in [-0.1, -0.05) is 0 Å². The second-order valence-electron chi connectivity index (χ2n) is 9.21. The van der Waals surface area contributed by atoms with Gasteiger partial charge in [0.2, 0.25) is 0 Å². The van der Waals surface area contributed by atoms with Gasteiger partial charge >= 0.3 is 0 Å². The van der Waals surface area contributed by atoms with Crippen molar-refractivity contribution < 1.29 is 9.90 Å². The topological polar surface area (TPSA) is 108 Å². The lowest BCUT2D eigenvalue weighted by Gasteiger charge is -2.26. The van der Waals surface area contributed by atoms with Crippen molar-refractivity contribution in [3.05, 3.63) is 65.1 Å². The number of nitrogens with zero attached hydrogens (tertiary/aromatic N) is 5. The maximum absolute atomic E-state index is 13.9. The Morgan fingerprint density at radius 3 is 2.57 bits per heavy atom. The van der Waals surface area contributed by atoms with Gasteiger partial charge in [-0.05, 0) is 71.1 Å². The third-order valence-corrected chi connectivity index (χ3v) is 6.85. The third kappa shape index (κ3) is 5.27. The number of nitrogens with one attached hydrogen (secondary N) is 2. The monoisotopic (exact) mass is 501 g/mol. The van der Waals surface area contributed by atoms with Crippen LogP contribution in [0.3, 0.4) is 0 Å². The van der Waals surface area contributed by atoms with Crippen molar-refractivity contribution in [1.82, 2.24) is 30.0 Å². The van der Waals surface area contributed by atoms with E-state index in [0.29, 0.717) is 27.9 Å². The number of phenols is 1. The minimum absolute atomic E-state index is 0.0813. The summed E-state index contributed by atoms with van der Waals surface area (Å²) < 4.78 is 1.92. The Kier molecular flexibility index (Phi) is 7.73. The Hall–Kier alpha value is -3.98. The van der Waals surface area contributed by atoms with Crippen molar-refractivity contribution in [1.29, 1.82) is 0 Å². The smallest absolute Gasteiger partial charge is 0.254 e. The molecule has 0 aliphatic carbocycles. The van der Waals surface area contributed by atoms with E-state index in [9.17, 15) is 9.90 Å². The Morgan fingerprint density at radius 1 is 1.11 bits per heavy atom. The molecule has 9 nitrogen and oxygen atoms in total. The number of carbonyl (C=O) groups is 1. The van der Waals surface area contributed by atoms with Crippen LogP contribution >= 0.6 is 0 Å². The second-order valence-corrected chi connectivity index (χ2v) is 9.21. The summed E-state index contributed by atoms with van der Waals surface area (Å²) in [7, 11) is 3.70. The molecule has 9 heteroatoms. The zero-order chi connectivity index (χ0) is 26.7. The Morgan fingerprint density at radius 2 is 1.89 bits per heavy atom. The Labute approximate surface area is 217 Å². The third-order valence-electron chi connectivity index (χ3n) is 6.85. The maximum atomic E-state index is 13.9. The molecule has 0 saturated heterocycles. The molecule has 1 amide bonds. The number of aromatic hydroxyl groups is 1. The predicted molar refractivity (Wildman–Crippen MR) is 147 cm³/mol. The molecule has 0 aliphatic heterocycles. The number of benzene rings is 1. The first-order valence-corrected chi connectivity index (χ1v) is 12.5. The van der Waals surface area contributed by atoms with Crippen LogP contribution < -0.4 is 10.6 Å². The average Bonchev–Trinajstić information content (AvgIpc) is 3.27. The molecule has 4 rings (SSSR count). The molecule has 0 bridgehead atoms. The highest BCUT2D eigenvalue weighted by Gasteiger charge is 2.25. The Balaban J connectivity index is 1.74. The molecule has 194 valence electrons. The van der Waals surface area contributed by atoms with Crippen molar-refractivity contribution in [2.24, 2.45) is 0 Å². The molecular weight excluding hydrogens is 466 g/mol. The average molecular weight is 502 g/mol. The van der Waals surface area contributed by atoms with Crippen LogP contribution in [-0.4, -0.2) is 62.8 Å². The van der Waals surface area contributed by atoms with Crippen LogP contribution in [0.15, 0.2) is 42.6 Å². The van der Waals surface area contributed by atoms with E-state index in [-0.39, 0.29) is 17.7 Å². The van der Waals surface area contributed by atoms with E-state index in [1.807, 2.05) is 57.8 Å². The van der Waals surface area contributed by atoms with Crippen molar-refractivity contribution in [3.63, 3.8) is 0 Å². The molecule has 1 unspecified atom stereocenters. The van der Waals surface area contributed by atoms with Gasteiger partial charge in [-0.3, -0.25) is 9.48 Å². The summed E-state index contributed by atoms with van der Waals surface area (Å²) in [5.74, 6) is -0.0877. The number of hydrogen-bond donors (Lipinski definition) is 3. The van der Waals surface area contributed by atoms with Gasteiger partial charge in [0.15, 0.2) is 0 Å². The van der Waals surface area contributed by atoms with Gasteiger partial charge in [0.1, 0.15) is 5.75 Å². The molecule has 0 radical (unpaired) electrons. The lowest BCUT2D eigenvalue weighted by Crippen LogP contribution is -2.30. The van der Waals surface area contributed by atoms with Gasteiger partial charge in [0, 0.05) is 43.3 Å². The van der Waals surface area contributed by atoms with Gasteiger partial charge in [0.25, 0.3) is 5.91 Å². The van der Waals surface area contributed by atoms with Crippen LogP contribution in [0.4, 0.5) is 5.69 Å². The molecule has 3 heterocycles. The van der Waals surface area contributed by atoms with Crippen LogP contribution in [0.2, 0.25) is 0 Å². The number of aromatic nitrogens is 4. The van der Waals surface area contributed by atoms with E-state index in [2.05, 4.69) is 15.7 Å². The van der Waals surface area contributed by atoms with Crippen molar-refractivity contribution >= 4 is 22.5 Å². The molecule has 0 fully saturated rings. The summed E-state index contributed by atoms with van der Waals surface area (Å²) >= 11 is 0. The standard InChI is InChI=1S/C28H35N7O2/c1-7-35-19(4)23(16-31-35)18(3)34(6)28(37)22-15-27(33-25-9-8-20(36)14-21(22)25)26-11-10-24(17(2)32-26)30-13-12-29-5/h8-11,14-16,18,29-30,36H,7,12-13H2,1-6H3. The number of likely N-dealkylation sites (N-methyl/N-ethyl adjacent to an activating group) is 1. The number of phenolic OH excluding ortho intramolecular Hbond substituents is 1. The van der Waals surface area contributed by atoms with Crippen molar-refractivity contribution in [2.45, 2.75) is 40.3 Å². The number of fused-ring (bicyclic) bond motifs is 1. The first-order valence-electron chi connectivity index (χ1n) is 12.5. The highest BCUT2D eigenvalue weighted by molar-refractivity contribution is 6.07. The highest BCUT2D eigenvalue weighted by Crippen LogP contribution is 2.31. The molecule has 1 aromatic carbocycles. The second kappa shape index (κ2) is 11.0. The number of anilines is 1. The van der Waals surface area contributed by atoms with Gasteiger partial charge in [0.05, 0.1) is 46.1 Å². The Bertz CT molecular complexity index is 1430. The quantitative estimate of drug-likeness (QED) is 0.294. The van der Waals surface area contributed by atoms with Gasteiger partial charge < -0.3 is 20.6 Å². The number of amides is 1. The molecule has 0 spiro atoms. The molecule has 0 saturated carbocycles. The number of pyridine rings is 2. The molecule has 37 heavy (non-hydrogen) atoms. The molecule has 3 aromatic heterocycles. The van der Waals surface area contributed by atoms with Gasteiger partial charge in [-0.15, -0.1) is 0 Å². The van der Waals surface area contributed by atoms with Crippen LogP contribution in [0.1, 0.15) is 47.2 Å². The largest absolute Gasteiger partial charge is 0.508 e. The van der Waals surface area contributed by atoms with Crippen LogP contribution in [-0.2, 0) is 6.54 Å². The highest BCUT2D eigenvalue weighted by atomic mass is 16.3. The van der Waals surface area contributed by atoms with Crippen LogP contribution in [0.25, 0.3) is 22.3 Å². The zero-order valence-electron chi connectivity index (χ0n) is 22.3. The van der Waals surface area contributed by atoms with E-state index >= 15 is 0 Å². The summed E-state index contributed by atoms with van der Waals surface area (Å²) in [6.07, 6.45) is 1.83. The normalized spacial score (nSPS) is 12.1. The number of hydrogen-bond acceptors (Lipinski definition) is 7. The maximum Gasteiger partial charge on any atom is 0.254 e. The predicted octanol–water partition coefficient (Wildman–Crippen LogP) is 4.30. The molecule has 4 aromatic rings. The summed E-state index contributed by atoms with van der Waals surface area (Å²) in [5.41, 5.74) is 6.19. The lowest BCUT2D eigenvalue weighted by molar-refractivity contribution is 0.0744. The van der Waals surface area contributed by atoms with E-state index in [0.717, 1.165) is 42.3 Å². The summed E-state index contributed by atoms with van der Waals surface area (Å²) in [5, 5.41) is 21.7. The lowest BCUT2D eigenvalue weighted by atomic mass is 10.0. The summed E-state index contributed by atoms with van der Waals surface area (Å²) in [4.78, 5) is 25.1. The molecule has 3 N–H and O–H groups in total. The van der Waals surface area contributed by atoms with Crippen LogP contribution in [0.5, 0.6) is 5.75 Å². The van der Waals surface area contributed by atoms with E-state index in [1.165, 1.54) is 0 Å². The van der Waals surface area contributed by atoms with Crippen molar-refractivity contribution in [3.8, 4) is 17.1 Å². The minimum atomic E-state index is -0.194. The fourth-order valence-electron chi connectivity index (χ4n) is 4.50. The van der Waals surface area contributed by atoms with Crippen LogP contribution in [0, 0.1) is 13.8 Å².